The third-order valence-corrected chi connectivity index (χ3v) is 11.1. The zero-order valence-electron chi connectivity index (χ0n) is 17.5. The van der Waals surface area contributed by atoms with E-state index in [1.807, 2.05) is 0 Å². The summed E-state index contributed by atoms with van der Waals surface area (Å²) < 4.78 is 44.4. The van der Waals surface area contributed by atoms with E-state index in [2.05, 4.69) is 161 Å². The summed E-state index contributed by atoms with van der Waals surface area (Å²) in [6.45, 7) is 0. The van der Waals surface area contributed by atoms with Gasteiger partial charge in [0.1, 0.15) is 0 Å². The van der Waals surface area contributed by atoms with Crippen molar-refractivity contribution < 1.29 is 59.9 Å². The molecule has 0 fully saturated rings. The van der Waals surface area contributed by atoms with Crippen LogP contribution in [0.5, 0.6) is 0 Å². The van der Waals surface area contributed by atoms with Gasteiger partial charge in [-0.3, -0.25) is 8.42 Å². The lowest BCUT2D eigenvalue weighted by atomic mass is 10.4. The van der Waals surface area contributed by atoms with Gasteiger partial charge in [-0.15, -0.1) is 0 Å². The fourth-order valence-corrected chi connectivity index (χ4v) is 7.59. The van der Waals surface area contributed by atoms with E-state index in [0.29, 0.717) is 0 Å². The molecule has 0 atom stereocenters. The molecule has 0 aromatic heterocycles. The van der Waals surface area contributed by atoms with E-state index in [9.17, 15) is 0 Å². The topological polar surface area (TPSA) is 80.3 Å². The Morgan fingerprint density at radius 2 is 0.571 bits per heavy atom. The number of hydrogen-bond acceptors (Lipinski definition) is 4. The summed E-state index contributed by atoms with van der Waals surface area (Å²) in [5, 5.41) is 0. The lowest BCUT2D eigenvalue weighted by molar-refractivity contribution is -0.597. The maximum absolute atomic E-state index is 8.52. The molecule has 184 valence electrons. The van der Waals surface area contributed by atoms with Crippen LogP contribution in [0.1, 0.15) is 0 Å². The van der Waals surface area contributed by atoms with Gasteiger partial charge in [0.25, 0.3) is 0 Å². The third-order valence-electron chi connectivity index (χ3n) is 3.65. The molecule has 4 nitrogen and oxygen atoms in total. The van der Waals surface area contributed by atoms with Gasteiger partial charge in [0.2, 0.25) is 0 Å². The van der Waals surface area contributed by atoms with Crippen LogP contribution in [0.2, 0.25) is 0 Å². The molecular weight excluding hydrogens is 958 g/mol. The van der Waals surface area contributed by atoms with Crippen LogP contribution < -0.4 is 42.4 Å². The zero-order valence-corrected chi connectivity index (χ0v) is 29.0. The van der Waals surface area contributed by atoms with Gasteiger partial charge in [-0.2, -0.15) is 0 Å². The molecule has 0 aliphatic heterocycles. The highest BCUT2D eigenvalue weighted by Gasteiger charge is 2.15. The Bertz CT molecular complexity index is 1100. The minimum absolute atomic E-state index is 0.0385. The quantitative estimate of drug-likeness (QED) is 0.176. The summed E-state index contributed by atoms with van der Waals surface area (Å²) in [7, 11) is -5.17. The zero-order chi connectivity index (χ0) is 25.8. The molecule has 0 spiro atoms. The average Bonchev–Trinajstić information content (AvgIpc) is 2.79. The molecule has 0 aliphatic carbocycles. The van der Waals surface area contributed by atoms with Gasteiger partial charge < -0.3 is 9.11 Å². The molecule has 0 N–H and O–H groups in total. The summed E-state index contributed by atoms with van der Waals surface area (Å²) in [6, 6.07) is 34.4. The van der Waals surface area contributed by atoms with Crippen LogP contribution in [0.4, 0.5) is 0 Å². The molecule has 11 heteroatoms. The molecule has 4 aromatic carbocycles. The van der Waals surface area contributed by atoms with E-state index in [4.69, 9.17) is 17.5 Å². The normalized spacial score (nSPS) is 10.5. The lowest BCUT2D eigenvalue weighted by Gasteiger charge is -2.06. The molecule has 0 saturated heterocycles. The molecule has 0 heterocycles. The van der Waals surface area contributed by atoms with E-state index in [1.165, 1.54) is 14.3 Å². The van der Waals surface area contributed by atoms with E-state index in [0.717, 1.165) is 17.9 Å². The van der Waals surface area contributed by atoms with Crippen LogP contribution in [-0.2, 0) is 10.4 Å². The number of hydrogen-bond donors (Lipinski definition) is 0. The van der Waals surface area contributed by atoms with E-state index in [1.54, 1.807) is 0 Å². The lowest BCUT2D eigenvalue weighted by Crippen LogP contribution is -3.61. The first-order chi connectivity index (χ1) is 16.5. The average molecular weight is 974 g/mol. The number of rotatable bonds is 4. The van der Waals surface area contributed by atoms with Crippen molar-refractivity contribution in [2.24, 2.45) is 0 Å². The summed E-state index contributed by atoms with van der Waals surface area (Å²) in [6.07, 6.45) is 0. The van der Waals surface area contributed by atoms with Crippen molar-refractivity contribution in [2.75, 3.05) is 0 Å². The van der Waals surface area contributed by atoms with Crippen molar-refractivity contribution in [3.63, 3.8) is 0 Å². The van der Waals surface area contributed by atoms with Crippen molar-refractivity contribution >= 4 is 74.1 Å². The smallest absolute Gasteiger partial charge is 0.357 e. The van der Waals surface area contributed by atoms with Crippen LogP contribution in [0.15, 0.2) is 115 Å². The van der Waals surface area contributed by atoms with Gasteiger partial charge in [-0.25, -0.2) is 0 Å². The van der Waals surface area contributed by atoms with Crippen molar-refractivity contribution in [3.05, 3.63) is 129 Å². The highest BCUT2D eigenvalue weighted by Crippen LogP contribution is 2.08. The first kappa shape index (κ1) is 31.3. The molecule has 0 amide bonds. The number of halogens is 6. The molecular formula is C24H16Br4I2O4S. The van der Waals surface area contributed by atoms with Crippen LogP contribution in [0, 0.1) is 14.3 Å². The minimum Gasteiger partial charge on any atom is -0.759 e. The Balaban J connectivity index is 0.000000208. The molecule has 35 heavy (non-hydrogen) atoms. The van der Waals surface area contributed by atoms with E-state index in [-0.39, 0.29) is 42.4 Å². The second-order valence-electron chi connectivity index (χ2n) is 6.34. The fourth-order valence-electron chi connectivity index (χ4n) is 2.22. The van der Waals surface area contributed by atoms with Gasteiger partial charge in [0.15, 0.2) is 14.3 Å². The first-order valence-corrected chi connectivity index (χ1v) is 18.3. The Morgan fingerprint density at radius 3 is 0.714 bits per heavy atom. The maximum atomic E-state index is 8.52. The van der Waals surface area contributed by atoms with Gasteiger partial charge >= 0.3 is 42.4 Å². The van der Waals surface area contributed by atoms with Gasteiger partial charge in [0, 0.05) is 28.3 Å². The Hall–Kier alpha value is 0.130. The molecule has 0 saturated carbocycles. The maximum Gasteiger partial charge on any atom is 0.357 e. The summed E-state index contributed by atoms with van der Waals surface area (Å²) in [5.41, 5.74) is 0. The van der Waals surface area contributed by atoms with Crippen molar-refractivity contribution in [1.29, 1.82) is 0 Å². The molecule has 0 unspecified atom stereocenters. The van der Waals surface area contributed by atoms with Gasteiger partial charge in [0.05, 0.1) is 0 Å². The highest BCUT2D eigenvalue weighted by molar-refractivity contribution is 9.11. The third kappa shape index (κ3) is 15.2. The predicted octanol–water partition coefficient (Wildman–Crippen LogP) is 1.34. The minimum atomic E-state index is -5.17. The summed E-state index contributed by atoms with van der Waals surface area (Å²) in [4.78, 5) is 0. The Labute approximate surface area is 259 Å². The Morgan fingerprint density at radius 1 is 0.429 bits per heavy atom. The van der Waals surface area contributed by atoms with Gasteiger partial charge in [-0.1, -0.05) is 63.7 Å². The fraction of sp³-hybridized carbons (Fsp3) is 0. The Kier molecular flexibility index (Phi) is 14.5. The van der Waals surface area contributed by atoms with Crippen LogP contribution in [0.25, 0.3) is 0 Å². The van der Waals surface area contributed by atoms with Crippen molar-refractivity contribution in [3.8, 4) is 0 Å². The SMILES string of the molecule is Brc1ccc([I+]c2ccc(Br)cc2)cc1.Brc1ccc([I+]c2ccc(Br)cc2)cc1.O=S(=O)([O-])[O-]. The predicted molar refractivity (Wildman–Crippen MR) is 142 cm³/mol. The van der Waals surface area contributed by atoms with Crippen molar-refractivity contribution in [2.45, 2.75) is 0 Å². The number of benzene rings is 4. The summed E-state index contributed by atoms with van der Waals surface area (Å²) >= 11 is 13.7. The standard InChI is InChI=1S/2C12H8Br2I.H2O4S/c2*13-9-1-5-11(6-2-9)15-12-7-3-10(14)4-8-12;1-5(2,3)4/h2*1-8H;(H2,1,2,3,4)/q2*+1;/p-2. The molecule has 0 bridgehead atoms. The van der Waals surface area contributed by atoms with E-state index >= 15 is 0 Å². The molecule has 4 rings (SSSR count). The van der Waals surface area contributed by atoms with Gasteiger partial charge in [-0.05, 0) is 97.1 Å². The monoisotopic (exact) mass is 970 g/mol. The van der Waals surface area contributed by atoms with Crippen molar-refractivity contribution in [1.82, 2.24) is 0 Å². The van der Waals surface area contributed by atoms with E-state index < -0.39 is 10.4 Å². The largest absolute Gasteiger partial charge is 0.759 e. The first-order valence-electron chi connectivity index (χ1n) is 9.46. The molecule has 0 radical (unpaired) electrons. The van der Waals surface area contributed by atoms with Crippen LogP contribution in [-0.4, -0.2) is 17.5 Å². The molecule has 4 aromatic rings. The highest BCUT2D eigenvalue weighted by atomic mass is 127. The summed E-state index contributed by atoms with van der Waals surface area (Å²) in [5.74, 6) is 0. The van der Waals surface area contributed by atoms with Crippen LogP contribution >= 0.6 is 63.7 Å². The second-order valence-corrected chi connectivity index (χ2v) is 16.9. The van der Waals surface area contributed by atoms with Crippen LogP contribution in [0.3, 0.4) is 0 Å². The molecule has 0 aliphatic rings. The second kappa shape index (κ2) is 16.2.